The number of thioether (sulfide) groups is 1. The number of amides is 1. The summed E-state index contributed by atoms with van der Waals surface area (Å²) >= 11 is 2.64. The zero-order valence-electron chi connectivity index (χ0n) is 13.2. The molecule has 10 heteroatoms. The van der Waals surface area contributed by atoms with Gasteiger partial charge in [0.2, 0.25) is 5.91 Å². The third-order valence-corrected chi connectivity index (χ3v) is 6.06. The van der Waals surface area contributed by atoms with Gasteiger partial charge >= 0.3 is 11.9 Å². The van der Waals surface area contributed by atoms with E-state index in [0.717, 1.165) is 10.5 Å². The maximum atomic E-state index is 12.3. The largest absolute Gasteiger partial charge is 0.478 e. The normalized spacial score (nSPS) is 21.8. The van der Waals surface area contributed by atoms with Crippen LogP contribution in [0.4, 0.5) is 0 Å². The van der Waals surface area contributed by atoms with E-state index in [9.17, 15) is 19.5 Å². The van der Waals surface area contributed by atoms with Crippen LogP contribution in [0.1, 0.15) is 4.88 Å². The number of methoxy groups -OCH3 is 1. The summed E-state index contributed by atoms with van der Waals surface area (Å²) in [7, 11) is 1.21. The predicted molar refractivity (Wildman–Crippen MR) is 90.9 cm³/mol. The van der Waals surface area contributed by atoms with Crippen LogP contribution in [0.25, 0.3) is 0 Å². The molecule has 8 nitrogen and oxygen atoms in total. The van der Waals surface area contributed by atoms with Gasteiger partial charge in [0.25, 0.3) is 5.72 Å². The second kappa shape index (κ2) is 7.06. The Balaban J connectivity index is 1.80. The van der Waals surface area contributed by atoms with E-state index >= 15 is 0 Å². The van der Waals surface area contributed by atoms with Crippen molar-refractivity contribution in [3.8, 4) is 0 Å². The van der Waals surface area contributed by atoms with Crippen LogP contribution in [0.3, 0.4) is 0 Å². The van der Waals surface area contributed by atoms with Gasteiger partial charge in [-0.1, -0.05) is 6.07 Å². The summed E-state index contributed by atoms with van der Waals surface area (Å²) in [5, 5.41) is 16.0. The standard InChI is InChI=1S/C15H16N2O6S2/c1-22-15(14(20)21,17-10(18)5-9-3-2-4-24-9)13-16-11-8(7-25-13)6-23-12(11)19/h2-4,13,16H,5-7H2,1H3,(H,17,18)(H,20,21)/t13-,15-/m1/s1. The average molecular weight is 384 g/mol. The Labute approximate surface area is 151 Å². The predicted octanol–water partition coefficient (Wildman–Crippen LogP) is 0.307. The Morgan fingerprint density at radius 2 is 2.36 bits per heavy atom. The molecule has 0 fully saturated rings. The summed E-state index contributed by atoms with van der Waals surface area (Å²) in [5.74, 6) is -1.95. The number of nitrogens with one attached hydrogen (secondary N) is 2. The maximum absolute atomic E-state index is 12.3. The maximum Gasteiger partial charge on any atom is 0.360 e. The van der Waals surface area contributed by atoms with Crippen LogP contribution in [0, 0.1) is 0 Å². The molecule has 0 bridgehead atoms. The Kier molecular flexibility index (Phi) is 5.02. The minimum atomic E-state index is -2.01. The Hall–Kier alpha value is -2.04. The van der Waals surface area contributed by atoms with E-state index in [-0.39, 0.29) is 18.7 Å². The lowest BCUT2D eigenvalue weighted by Gasteiger charge is -2.38. The molecular weight excluding hydrogens is 368 g/mol. The topological polar surface area (TPSA) is 114 Å². The molecule has 0 saturated carbocycles. The SMILES string of the molecule is CO[C@@](NC(=O)Cc1cccs1)(C(=O)O)[C@@H]1NC2=C(COC2=O)CS1. The van der Waals surface area contributed by atoms with Gasteiger partial charge in [0.15, 0.2) is 0 Å². The molecule has 1 amide bonds. The van der Waals surface area contributed by atoms with E-state index in [1.54, 1.807) is 6.07 Å². The fraction of sp³-hybridized carbons (Fsp3) is 0.400. The number of rotatable bonds is 6. The van der Waals surface area contributed by atoms with Crippen LogP contribution in [0.15, 0.2) is 28.8 Å². The number of esters is 1. The number of cyclic esters (lactones) is 1. The van der Waals surface area contributed by atoms with Gasteiger partial charge in [-0.15, -0.1) is 23.1 Å². The monoisotopic (exact) mass is 384 g/mol. The Bertz CT molecular complexity index is 732. The minimum absolute atomic E-state index is 0.0451. The first kappa shape index (κ1) is 17.8. The van der Waals surface area contributed by atoms with E-state index < -0.39 is 28.9 Å². The minimum Gasteiger partial charge on any atom is -0.478 e. The van der Waals surface area contributed by atoms with E-state index in [1.807, 2.05) is 11.4 Å². The number of carboxylic acid groups (broad SMARTS) is 1. The Morgan fingerprint density at radius 3 is 3.00 bits per heavy atom. The van der Waals surface area contributed by atoms with Crippen LogP contribution in [-0.4, -0.2) is 53.5 Å². The average Bonchev–Trinajstić information content (AvgIpc) is 3.22. The van der Waals surface area contributed by atoms with E-state index in [0.29, 0.717) is 5.75 Å². The third kappa shape index (κ3) is 3.37. The number of ether oxygens (including phenoxy) is 2. The van der Waals surface area contributed by atoms with Crippen molar-refractivity contribution in [2.24, 2.45) is 0 Å². The van der Waals surface area contributed by atoms with Gasteiger partial charge in [-0.05, 0) is 11.4 Å². The second-order valence-corrected chi connectivity index (χ2v) is 7.56. The summed E-state index contributed by atoms with van der Waals surface area (Å²) < 4.78 is 10.2. The highest BCUT2D eigenvalue weighted by Crippen LogP contribution is 2.33. The second-order valence-electron chi connectivity index (χ2n) is 5.44. The number of carbonyl (C=O) groups excluding carboxylic acids is 2. The number of carbonyl (C=O) groups is 3. The number of hydrogen-bond acceptors (Lipinski definition) is 8. The highest BCUT2D eigenvalue weighted by Gasteiger charge is 2.51. The quantitative estimate of drug-likeness (QED) is 0.474. The van der Waals surface area contributed by atoms with E-state index in [2.05, 4.69) is 10.6 Å². The van der Waals surface area contributed by atoms with Crippen molar-refractivity contribution >= 4 is 40.9 Å². The highest BCUT2D eigenvalue weighted by molar-refractivity contribution is 8.00. The first-order valence-corrected chi connectivity index (χ1v) is 9.28. The van der Waals surface area contributed by atoms with Crippen LogP contribution in [0.2, 0.25) is 0 Å². The fourth-order valence-corrected chi connectivity index (χ4v) is 4.58. The summed E-state index contributed by atoms with van der Waals surface area (Å²) in [5.41, 5.74) is -0.995. The number of hydrogen-bond donors (Lipinski definition) is 3. The molecule has 2 atom stereocenters. The van der Waals surface area contributed by atoms with Crippen molar-refractivity contribution in [2.45, 2.75) is 17.5 Å². The van der Waals surface area contributed by atoms with Crippen molar-refractivity contribution in [1.82, 2.24) is 10.6 Å². The molecule has 0 unspecified atom stereocenters. The molecular formula is C15H16N2O6S2. The molecule has 3 rings (SSSR count). The molecule has 0 saturated heterocycles. The zero-order valence-corrected chi connectivity index (χ0v) is 14.9. The summed E-state index contributed by atoms with van der Waals surface area (Å²) in [6, 6.07) is 3.60. The first-order chi connectivity index (χ1) is 12.0. The van der Waals surface area contributed by atoms with Gasteiger partial charge < -0.3 is 25.2 Å². The molecule has 25 heavy (non-hydrogen) atoms. The molecule has 3 N–H and O–H groups in total. The third-order valence-electron chi connectivity index (χ3n) is 3.88. The van der Waals surface area contributed by atoms with E-state index in [4.69, 9.17) is 9.47 Å². The molecule has 134 valence electrons. The van der Waals surface area contributed by atoms with Gasteiger partial charge in [-0.25, -0.2) is 9.59 Å². The molecule has 1 aromatic heterocycles. The molecule has 3 heterocycles. The number of thiophene rings is 1. The van der Waals surface area contributed by atoms with Crippen LogP contribution < -0.4 is 10.6 Å². The Morgan fingerprint density at radius 1 is 1.56 bits per heavy atom. The molecule has 0 spiro atoms. The van der Waals surface area contributed by atoms with Crippen molar-refractivity contribution in [3.05, 3.63) is 33.7 Å². The van der Waals surface area contributed by atoms with Gasteiger partial charge in [0.05, 0.1) is 6.42 Å². The van der Waals surface area contributed by atoms with Crippen molar-refractivity contribution in [1.29, 1.82) is 0 Å². The molecule has 0 aliphatic carbocycles. The molecule has 1 aromatic rings. The fourth-order valence-electron chi connectivity index (χ4n) is 2.59. The first-order valence-electron chi connectivity index (χ1n) is 7.35. The highest BCUT2D eigenvalue weighted by atomic mass is 32.2. The summed E-state index contributed by atoms with van der Waals surface area (Å²) in [4.78, 5) is 36.8. The lowest BCUT2D eigenvalue weighted by Crippen LogP contribution is -2.67. The summed E-state index contributed by atoms with van der Waals surface area (Å²) in [6.45, 7) is 0.193. The van der Waals surface area contributed by atoms with Gasteiger partial charge in [0.1, 0.15) is 17.7 Å². The van der Waals surface area contributed by atoms with Gasteiger partial charge in [0, 0.05) is 23.3 Å². The lowest BCUT2D eigenvalue weighted by molar-refractivity contribution is -0.171. The molecule has 0 aromatic carbocycles. The zero-order chi connectivity index (χ0) is 18.0. The number of carboxylic acids is 1. The molecule has 0 radical (unpaired) electrons. The number of aliphatic carboxylic acids is 1. The van der Waals surface area contributed by atoms with Crippen LogP contribution >= 0.6 is 23.1 Å². The molecule has 2 aliphatic rings. The van der Waals surface area contributed by atoms with Gasteiger partial charge in [-0.2, -0.15) is 0 Å². The summed E-state index contributed by atoms with van der Waals surface area (Å²) in [6.07, 6.45) is 0.0451. The lowest BCUT2D eigenvalue weighted by atomic mass is 10.1. The van der Waals surface area contributed by atoms with Gasteiger partial charge in [-0.3, -0.25) is 4.79 Å². The molecule has 2 aliphatic heterocycles. The smallest absolute Gasteiger partial charge is 0.360 e. The van der Waals surface area contributed by atoms with Crippen LogP contribution in [-0.2, 0) is 30.3 Å². The van der Waals surface area contributed by atoms with Crippen LogP contribution in [0.5, 0.6) is 0 Å². The van der Waals surface area contributed by atoms with Crippen molar-refractivity contribution in [3.63, 3.8) is 0 Å². The van der Waals surface area contributed by atoms with E-state index in [1.165, 1.54) is 30.2 Å². The van der Waals surface area contributed by atoms with Crippen molar-refractivity contribution in [2.75, 3.05) is 19.5 Å². The van der Waals surface area contributed by atoms with Crippen molar-refractivity contribution < 1.29 is 29.0 Å².